The van der Waals surface area contributed by atoms with Crippen molar-refractivity contribution in [3.05, 3.63) is 20.8 Å². The van der Waals surface area contributed by atoms with Gasteiger partial charge in [-0.2, -0.15) is 0 Å². The summed E-state index contributed by atoms with van der Waals surface area (Å²) in [5, 5.41) is 2.04. The van der Waals surface area contributed by atoms with Crippen LogP contribution >= 0.6 is 27.3 Å². The van der Waals surface area contributed by atoms with E-state index >= 15 is 0 Å². The van der Waals surface area contributed by atoms with Crippen molar-refractivity contribution in [3.8, 4) is 0 Å². The fourth-order valence-corrected chi connectivity index (χ4v) is 3.61. The standard InChI is InChI=1S/C13H18BrNO2S/c1-15(8-12-7-10(14)9-18-12)13(16)5-4-11-3-2-6-17-11/h7,9,11H,2-6,8H2,1H3. The summed E-state index contributed by atoms with van der Waals surface area (Å²) in [6.07, 6.45) is 4.00. The lowest BCUT2D eigenvalue weighted by atomic mass is 10.1. The van der Waals surface area contributed by atoms with E-state index in [9.17, 15) is 4.79 Å². The van der Waals surface area contributed by atoms with E-state index in [4.69, 9.17) is 4.74 Å². The van der Waals surface area contributed by atoms with Gasteiger partial charge in [0.25, 0.3) is 0 Å². The van der Waals surface area contributed by atoms with Crippen LogP contribution in [0.25, 0.3) is 0 Å². The number of carbonyl (C=O) groups is 1. The number of carbonyl (C=O) groups excluding carboxylic acids is 1. The zero-order valence-electron chi connectivity index (χ0n) is 10.5. The fraction of sp³-hybridized carbons (Fsp3) is 0.615. The number of ether oxygens (including phenoxy) is 1. The molecule has 1 aliphatic heterocycles. The Balaban J connectivity index is 1.74. The van der Waals surface area contributed by atoms with Gasteiger partial charge in [-0.05, 0) is 41.3 Å². The maximum atomic E-state index is 12.0. The van der Waals surface area contributed by atoms with Gasteiger partial charge in [-0.1, -0.05) is 0 Å². The third-order valence-corrected chi connectivity index (χ3v) is 4.83. The summed E-state index contributed by atoms with van der Waals surface area (Å²) < 4.78 is 6.62. The molecular weight excluding hydrogens is 314 g/mol. The Bertz CT molecular complexity index is 401. The molecule has 0 aromatic carbocycles. The van der Waals surface area contributed by atoms with Crippen LogP contribution in [0, 0.1) is 0 Å². The Labute approximate surface area is 120 Å². The first-order valence-electron chi connectivity index (χ1n) is 6.23. The second kappa shape index (κ2) is 6.68. The second-order valence-corrected chi connectivity index (χ2v) is 6.57. The summed E-state index contributed by atoms with van der Waals surface area (Å²) in [6.45, 7) is 1.55. The van der Waals surface area contributed by atoms with Gasteiger partial charge in [-0.15, -0.1) is 11.3 Å². The number of rotatable bonds is 5. The Morgan fingerprint density at radius 3 is 3.11 bits per heavy atom. The van der Waals surface area contributed by atoms with Crippen LogP contribution in [0.2, 0.25) is 0 Å². The lowest BCUT2D eigenvalue weighted by Gasteiger charge is -2.17. The molecule has 1 amide bonds. The van der Waals surface area contributed by atoms with Crippen LogP contribution in [0.1, 0.15) is 30.6 Å². The van der Waals surface area contributed by atoms with Crippen LogP contribution in [0.5, 0.6) is 0 Å². The molecule has 18 heavy (non-hydrogen) atoms. The van der Waals surface area contributed by atoms with Crippen LogP contribution in [-0.4, -0.2) is 30.6 Å². The molecule has 1 aromatic rings. The molecule has 0 bridgehead atoms. The molecule has 100 valence electrons. The minimum Gasteiger partial charge on any atom is -0.378 e. The highest BCUT2D eigenvalue weighted by Gasteiger charge is 2.18. The van der Waals surface area contributed by atoms with E-state index in [1.54, 1.807) is 16.2 Å². The van der Waals surface area contributed by atoms with Crippen LogP contribution in [0.15, 0.2) is 15.9 Å². The molecule has 1 unspecified atom stereocenters. The van der Waals surface area contributed by atoms with E-state index in [0.717, 1.165) is 30.3 Å². The smallest absolute Gasteiger partial charge is 0.222 e. The predicted molar refractivity (Wildman–Crippen MR) is 76.7 cm³/mol. The second-order valence-electron chi connectivity index (χ2n) is 4.65. The molecule has 1 aromatic heterocycles. The maximum absolute atomic E-state index is 12.0. The quantitative estimate of drug-likeness (QED) is 0.827. The van der Waals surface area contributed by atoms with E-state index in [-0.39, 0.29) is 5.91 Å². The van der Waals surface area contributed by atoms with E-state index < -0.39 is 0 Å². The molecule has 0 N–H and O–H groups in total. The molecule has 3 nitrogen and oxygen atoms in total. The summed E-state index contributed by atoms with van der Waals surface area (Å²) >= 11 is 5.10. The Hall–Kier alpha value is -0.390. The Morgan fingerprint density at radius 1 is 1.67 bits per heavy atom. The molecule has 2 heterocycles. The highest BCUT2D eigenvalue weighted by Crippen LogP contribution is 2.21. The van der Waals surface area contributed by atoms with Gasteiger partial charge in [-0.3, -0.25) is 4.79 Å². The predicted octanol–water partition coefficient (Wildman–Crippen LogP) is 3.43. The molecule has 5 heteroatoms. The molecule has 1 aliphatic rings. The first kappa shape index (κ1) is 14.0. The highest BCUT2D eigenvalue weighted by atomic mass is 79.9. The molecule has 0 spiro atoms. The van der Waals surface area contributed by atoms with Crippen molar-refractivity contribution in [2.75, 3.05) is 13.7 Å². The van der Waals surface area contributed by atoms with Gasteiger partial charge in [0.2, 0.25) is 5.91 Å². The zero-order chi connectivity index (χ0) is 13.0. The van der Waals surface area contributed by atoms with Gasteiger partial charge in [0, 0.05) is 34.8 Å². The lowest BCUT2D eigenvalue weighted by Crippen LogP contribution is -2.26. The lowest BCUT2D eigenvalue weighted by molar-refractivity contribution is -0.131. The van der Waals surface area contributed by atoms with Crippen molar-refractivity contribution < 1.29 is 9.53 Å². The SMILES string of the molecule is CN(Cc1cc(Br)cs1)C(=O)CCC1CCCO1. The van der Waals surface area contributed by atoms with E-state index in [2.05, 4.69) is 22.0 Å². The van der Waals surface area contributed by atoms with Gasteiger partial charge in [0.1, 0.15) is 0 Å². The summed E-state index contributed by atoms with van der Waals surface area (Å²) in [7, 11) is 1.87. The number of amides is 1. The zero-order valence-corrected chi connectivity index (χ0v) is 12.9. The molecule has 0 radical (unpaired) electrons. The first-order valence-corrected chi connectivity index (χ1v) is 7.91. The van der Waals surface area contributed by atoms with Crippen molar-refractivity contribution in [2.45, 2.75) is 38.3 Å². The third-order valence-electron chi connectivity index (χ3n) is 3.14. The molecule has 1 saturated heterocycles. The van der Waals surface area contributed by atoms with Crippen LogP contribution in [0.4, 0.5) is 0 Å². The first-order chi connectivity index (χ1) is 8.65. The Kier molecular flexibility index (Phi) is 5.21. The molecular formula is C13H18BrNO2S. The number of hydrogen-bond donors (Lipinski definition) is 0. The summed E-state index contributed by atoms with van der Waals surface area (Å²) in [4.78, 5) is 15.0. The normalized spacial score (nSPS) is 19.1. The number of nitrogens with zero attached hydrogens (tertiary/aromatic N) is 1. The summed E-state index contributed by atoms with van der Waals surface area (Å²) in [5.74, 6) is 0.204. The van der Waals surface area contributed by atoms with Gasteiger partial charge in [-0.25, -0.2) is 0 Å². The fourth-order valence-electron chi connectivity index (χ4n) is 2.11. The molecule has 0 aliphatic carbocycles. The van der Waals surface area contributed by atoms with Gasteiger partial charge >= 0.3 is 0 Å². The van der Waals surface area contributed by atoms with E-state index in [1.165, 1.54) is 4.88 Å². The molecule has 0 saturated carbocycles. The third kappa shape index (κ3) is 4.07. The maximum Gasteiger partial charge on any atom is 0.222 e. The minimum absolute atomic E-state index is 0.204. The van der Waals surface area contributed by atoms with Crippen molar-refractivity contribution in [1.29, 1.82) is 0 Å². The highest BCUT2D eigenvalue weighted by molar-refractivity contribution is 9.10. The van der Waals surface area contributed by atoms with Crippen LogP contribution < -0.4 is 0 Å². The van der Waals surface area contributed by atoms with E-state index in [1.807, 2.05) is 12.4 Å². The van der Waals surface area contributed by atoms with Crippen LogP contribution in [-0.2, 0) is 16.1 Å². The largest absolute Gasteiger partial charge is 0.378 e. The van der Waals surface area contributed by atoms with Crippen molar-refractivity contribution >= 4 is 33.2 Å². The summed E-state index contributed by atoms with van der Waals surface area (Å²) in [6, 6.07) is 2.06. The minimum atomic E-state index is 0.204. The van der Waals surface area contributed by atoms with Gasteiger partial charge in [0.05, 0.1) is 12.6 Å². The van der Waals surface area contributed by atoms with Crippen molar-refractivity contribution in [2.24, 2.45) is 0 Å². The van der Waals surface area contributed by atoms with Crippen molar-refractivity contribution in [1.82, 2.24) is 4.90 Å². The molecule has 1 fully saturated rings. The average Bonchev–Trinajstić information content (AvgIpc) is 2.97. The monoisotopic (exact) mass is 331 g/mol. The number of halogens is 1. The van der Waals surface area contributed by atoms with Gasteiger partial charge in [0.15, 0.2) is 0 Å². The molecule has 2 rings (SSSR count). The van der Waals surface area contributed by atoms with Crippen molar-refractivity contribution in [3.63, 3.8) is 0 Å². The van der Waals surface area contributed by atoms with Crippen LogP contribution in [0.3, 0.4) is 0 Å². The average molecular weight is 332 g/mol. The number of thiophene rings is 1. The van der Waals surface area contributed by atoms with Gasteiger partial charge < -0.3 is 9.64 Å². The number of hydrogen-bond acceptors (Lipinski definition) is 3. The molecule has 1 atom stereocenters. The summed E-state index contributed by atoms with van der Waals surface area (Å²) in [5.41, 5.74) is 0. The Morgan fingerprint density at radius 2 is 2.50 bits per heavy atom. The topological polar surface area (TPSA) is 29.5 Å². The van der Waals surface area contributed by atoms with E-state index in [0.29, 0.717) is 19.1 Å².